The van der Waals surface area contributed by atoms with Gasteiger partial charge in [-0.05, 0) is 49.6 Å². The number of aromatic nitrogens is 1. The zero-order valence-corrected chi connectivity index (χ0v) is 12.4. The Bertz CT molecular complexity index is 597. The summed E-state index contributed by atoms with van der Waals surface area (Å²) in [5.74, 6) is 0.825. The zero-order chi connectivity index (χ0) is 15.1. The highest BCUT2D eigenvalue weighted by molar-refractivity contribution is 5.93. The third kappa shape index (κ3) is 4.31. The minimum atomic E-state index is -0.0919. The number of nitrogens with one attached hydrogen (secondary N) is 1. The standard InChI is InChI=1S/C17H20N2O2/c1-3-21-16-7-6-14(11-13(16)2)8-10-19-17(20)15-5-4-9-18-12-15/h4-7,9,11-12H,3,8,10H2,1-2H3,(H,19,20). The number of aryl methyl sites for hydroxylation is 1. The smallest absolute Gasteiger partial charge is 0.252 e. The Morgan fingerprint density at radius 3 is 2.86 bits per heavy atom. The first kappa shape index (κ1) is 15.0. The summed E-state index contributed by atoms with van der Waals surface area (Å²) in [5.41, 5.74) is 2.88. The van der Waals surface area contributed by atoms with Crippen LogP contribution in [0.2, 0.25) is 0 Å². The molecule has 2 aromatic rings. The first-order chi connectivity index (χ1) is 10.2. The van der Waals surface area contributed by atoms with Gasteiger partial charge in [0, 0.05) is 18.9 Å². The predicted molar refractivity (Wildman–Crippen MR) is 82.6 cm³/mol. The van der Waals surface area contributed by atoms with Crippen LogP contribution in [0.25, 0.3) is 0 Å². The van der Waals surface area contributed by atoms with Crippen LogP contribution in [0.4, 0.5) is 0 Å². The summed E-state index contributed by atoms with van der Waals surface area (Å²) < 4.78 is 5.52. The monoisotopic (exact) mass is 284 g/mol. The molecular weight excluding hydrogens is 264 g/mol. The van der Waals surface area contributed by atoms with E-state index < -0.39 is 0 Å². The van der Waals surface area contributed by atoms with Crippen molar-refractivity contribution in [1.29, 1.82) is 0 Å². The molecule has 1 heterocycles. The number of nitrogens with zero attached hydrogens (tertiary/aromatic N) is 1. The van der Waals surface area contributed by atoms with Crippen LogP contribution in [-0.4, -0.2) is 24.0 Å². The molecule has 4 nitrogen and oxygen atoms in total. The number of pyridine rings is 1. The lowest BCUT2D eigenvalue weighted by molar-refractivity contribution is 0.0954. The SMILES string of the molecule is CCOc1ccc(CCNC(=O)c2cccnc2)cc1C. The Morgan fingerprint density at radius 1 is 1.33 bits per heavy atom. The largest absolute Gasteiger partial charge is 0.494 e. The summed E-state index contributed by atoms with van der Waals surface area (Å²) in [6.45, 7) is 5.27. The number of amides is 1. The average molecular weight is 284 g/mol. The van der Waals surface area contributed by atoms with Gasteiger partial charge in [-0.3, -0.25) is 9.78 Å². The van der Waals surface area contributed by atoms with E-state index in [0.29, 0.717) is 18.7 Å². The number of carbonyl (C=O) groups excluding carboxylic acids is 1. The lowest BCUT2D eigenvalue weighted by Gasteiger charge is -2.09. The molecule has 1 amide bonds. The fourth-order valence-electron chi connectivity index (χ4n) is 2.10. The quantitative estimate of drug-likeness (QED) is 0.887. The zero-order valence-electron chi connectivity index (χ0n) is 12.4. The molecule has 1 aromatic heterocycles. The molecule has 110 valence electrons. The number of benzene rings is 1. The molecule has 0 aliphatic heterocycles. The molecule has 0 atom stereocenters. The first-order valence-electron chi connectivity index (χ1n) is 7.11. The van der Waals surface area contributed by atoms with Gasteiger partial charge in [-0.15, -0.1) is 0 Å². The molecular formula is C17H20N2O2. The molecule has 0 fully saturated rings. The topological polar surface area (TPSA) is 51.2 Å². The summed E-state index contributed by atoms with van der Waals surface area (Å²) in [7, 11) is 0. The average Bonchev–Trinajstić information content (AvgIpc) is 2.51. The molecule has 0 saturated carbocycles. The molecule has 4 heteroatoms. The van der Waals surface area contributed by atoms with E-state index in [1.54, 1.807) is 24.5 Å². The molecule has 0 unspecified atom stereocenters. The van der Waals surface area contributed by atoms with Gasteiger partial charge in [0.1, 0.15) is 5.75 Å². The van der Waals surface area contributed by atoms with Crippen molar-refractivity contribution in [3.05, 3.63) is 59.4 Å². The molecule has 0 radical (unpaired) electrons. The summed E-state index contributed by atoms with van der Waals surface area (Å²) in [6, 6.07) is 9.63. The minimum absolute atomic E-state index is 0.0919. The first-order valence-corrected chi connectivity index (χ1v) is 7.11. The number of ether oxygens (including phenoxy) is 1. The molecule has 1 aromatic carbocycles. The van der Waals surface area contributed by atoms with Gasteiger partial charge < -0.3 is 10.1 Å². The maximum absolute atomic E-state index is 11.9. The van der Waals surface area contributed by atoms with E-state index in [2.05, 4.69) is 16.4 Å². The Hall–Kier alpha value is -2.36. The summed E-state index contributed by atoms with van der Waals surface area (Å²) in [6.07, 6.45) is 4.01. The van der Waals surface area contributed by atoms with Crippen LogP contribution in [-0.2, 0) is 6.42 Å². The Balaban J connectivity index is 1.86. The van der Waals surface area contributed by atoms with Crippen LogP contribution in [0.5, 0.6) is 5.75 Å². The van der Waals surface area contributed by atoms with Crippen molar-refractivity contribution in [2.75, 3.05) is 13.2 Å². The van der Waals surface area contributed by atoms with Crippen molar-refractivity contribution in [2.24, 2.45) is 0 Å². The van der Waals surface area contributed by atoms with Crippen molar-refractivity contribution in [3.8, 4) is 5.75 Å². The molecule has 0 saturated heterocycles. The van der Waals surface area contributed by atoms with E-state index in [0.717, 1.165) is 17.7 Å². The van der Waals surface area contributed by atoms with E-state index in [1.807, 2.05) is 26.0 Å². The second kappa shape index (κ2) is 7.43. The highest BCUT2D eigenvalue weighted by atomic mass is 16.5. The number of hydrogen-bond donors (Lipinski definition) is 1. The fraction of sp³-hybridized carbons (Fsp3) is 0.294. The van der Waals surface area contributed by atoms with E-state index in [4.69, 9.17) is 4.74 Å². The minimum Gasteiger partial charge on any atom is -0.494 e. The number of carbonyl (C=O) groups is 1. The van der Waals surface area contributed by atoms with E-state index in [1.165, 1.54) is 5.56 Å². The van der Waals surface area contributed by atoms with Crippen LogP contribution in [0.1, 0.15) is 28.4 Å². The van der Waals surface area contributed by atoms with Gasteiger partial charge >= 0.3 is 0 Å². The van der Waals surface area contributed by atoms with Crippen molar-refractivity contribution < 1.29 is 9.53 Å². The van der Waals surface area contributed by atoms with Gasteiger partial charge in [0.2, 0.25) is 0 Å². The molecule has 0 spiro atoms. The van der Waals surface area contributed by atoms with Crippen LogP contribution >= 0.6 is 0 Å². The second-order valence-electron chi connectivity index (χ2n) is 4.78. The Kier molecular flexibility index (Phi) is 5.32. The lowest BCUT2D eigenvalue weighted by atomic mass is 10.1. The van der Waals surface area contributed by atoms with Crippen LogP contribution in [0, 0.1) is 6.92 Å². The van der Waals surface area contributed by atoms with Crippen LogP contribution < -0.4 is 10.1 Å². The molecule has 2 rings (SSSR count). The van der Waals surface area contributed by atoms with Gasteiger partial charge in [-0.2, -0.15) is 0 Å². The summed E-state index contributed by atoms with van der Waals surface area (Å²) >= 11 is 0. The normalized spacial score (nSPS) is 10.2. The van der Waals surface area contributed by atoms with E-state index in [-0.39, 0.29) is 5.91 Å². The highest BCUT2D eigenvalue weighted by Gasteiger charge is 2.05. The fourth-order valence-corrected chi connectivity index (χ4v) is 2.10. The number of rotatable bonds is 6. The van der Waals surface area contributed by atoms with Gasteiger partial charge in [0.05, 0.1) is 12.2 Å². The molecule has 1 N–H and O–H groups in total. The van der Waals surface area contributed by atoms with Gasteiger partial charge in [0.25, 0.3) is 5.91 Å². The van der Waals surface area contributed by atoms with E-state index in [9.17, 15) is 4.79 Å². The molecule has 21 heavy (non-hydrogen) atoms. The van der Waals surface area contributed by atoms with E-state index >= 15 is 0 Å². The van der Waals surface area contributed by atoms with Crippen molar-refractivity contribution in [2.45, 2.75) is 20.3 Å². The van der Waals surface area contributed by atoms with Crippen molar-refractivity contribution in [1.82, 2.24) is 10.3 Å². The van der Waals surface area contributed by atoms with Crippen LogP contribution in [0.15, 0.2) is 42.7 Å². The van der Waals surface area contributed by atoms with Crippen LogP contribution in [0.3, 0.4) is 0 Å². The van der Waals surface area contributed by atoms with Crippen molar-refractivity contribution in [3.63, 3.8) is 0 Å². The molecule has 0 aliphatic rings. The predicted octanol–water partition coefficient (Wildman–Crippen LogP) is 2.76. The summed E-state index contributed by atoms with van der Waals surface area (Å²) in [5, 5.41) is 2.90. The maximum atomic E-state index is 11.9. The van der Waals surface area contributed by atoms with Crippen molar-refractivity contribution >= 4 is 5.91 Å². The molecule has 0 aliphatic carbocycles. The Labute approximate surface area is 125 Å². The Morgan fingerprint density at radius 2 is 2.19 bits per heavy atom. The molecule has 0 bridgehead atoms. The number of hydrogen-bond acceptors (Lipinski definition) is 3. The van der Waals surface area contributed by atoms with Gasteiger partial charge in [-0.25, -0.2) is 0 Å². The third-order valence-electron chi connectivity index (χ3n) is 3.16. The third-order valence-corrected chi connectivity index (χ3v) is 3.16. The second-order valence-corrected chi connectivity index (χ2v) is 4.78. The lowest BCUT2D eigenvalue weighted by Crippen LogP contribution is -2.25. The van der Waals surface area contributed by atoms with Gasteiger partial charge in [0.15, 0.2) is 0 Å². The summed E-state index contributed by atoms with van der Waals surface area (Å²) in [4.78, 5) is 15.8. The maximum Gasteiger partial charge on any atom is 0.252 e. The van der Waals surface area contributed by atoms with Gasteiger partial charge in [-0.1, -0.05) is 12.1 Å². The highest BCUT2D eigenvalue weighted by Crippen LogP contribution is 2.19.